The van der Waals surface area contributed by atoms with Gasteiger partial charge in [0.25, 0.3) is 5.91 Å². The van der Waals surface area contributed by atoms with Gasteiger partial charge in [-0.15, -0.1) is 0 Å². The number of hydrogen-bond donors (Lipinski definition) is 2. The Kier molecular flexibility index (Phi) is 4.58. The molecular formula is C16H15N5O2. The number of amides is 1. The summed E-state index contributed by atoms with van der Waals surface area (Å²) < 4.78 is 5.21. The molecule has 7 heteroatoms. The zero-order valence-corrected chi connectivity index (χ0v) is 12.3. The number of pyridine rings is 1. The number of carbonyl (C=O) groups excluding carboxylic acids is 1. The lowest BCUT2D eigenvalue weighted by atomic mass is 10.3. The largest absolute Gasteiger partial charge is 0.467 e. The molecule has 0 atom stereocenters. The number of hydrogen-bond acceptors (Lipinski definition) is 6. The second-order valence-electron chi connectivity index (χ2n) is 4.72. The van der Waals surface area contributed by atoms with E-state index in [0.29, 0.717) is 18.9 Å². The van der Waals surface area contributed by atoms with Gasteiger partial charge in [-0.2, -0.15) is 0 Å². The minimum absolute atomic E-state index is 0.254. The van der Waals surface area contributed by atoms with Crippen LogP contribution in [0.4, 0.5) is 5.82 Å². The monoisotopic (exact) mass is 309 g/mol. The number of aromatic nitrogens is 3. The number of nitrogens with zero attached hydrogens (tertiary/aromatic N) is 3. The lowest BCUT2D eigenvalue weighted by Gasteiger charge is -2.06. The standard InChI is InChI=1S/C16H15N5O2/c22-16(21-8-12-4-1-2-6-17-12)14-10-20-15(11-18-14)19-9-13-5-3-7-23-13/h1-7,10-11H,8-9H2,(H,19,20)(H,21,22). The Bertz CT molecular complexity index is 742. The molecule has 3 aromatic rings. The van der Waals surface area contributed by atoms with Crippen molar-refractivity contribution in [2.24, 2.45) is 0 Å². The zero-order chi connectivity index (χ0) is 15.9. The molecule has 0 fully saturated rings. The van der Waals surface area contributed by atoms with E-state index in [4.69, 9.17) is 4.42 Å². The van der Waals surface area contributed by atoms with Gasteiger partial charge in [0.15, 0.2) is 0 Å². The Morgan fingerprint density at radius 3 is 2.70 bits per heavy atom. The minimum atomic E-state index is -0.291. The molecule has 0 aromatic carbocycles. The summed E-state index contributed by atoms with van der Waals surface area (Å²) in [6.45, 7) is 0.854. The summed E-state index contributed by atoms with van der Waals surface area (Å²) in [6, 6.07) is 9.21. The molecule has 0 aliphatic carbocycles. The fraction of sp³-hybridized carbons (Fsp3) is 0.125. The first-order valence-electron chi connectivity index (χ1n) is 7.07. The summed E-state index contributed by atoms with van der Waals surface area (Å²) in [7, 11) is 0. The molecule has 0 saturated carbocycles. The minimum Gasteiger partial charge on any atom is -0.467 e. The summed E-state index contributed by atoms with van der Waals surface area (Å²) in [4.78, 5) is 24.4. The van der Waals surface area contributed by atoms with Gasteiger partial charge >= 0.3 is 0 Å². The third kappa shape index (κ3) is 4.13. The van der Waals surface area contributed by atoms with Gasteiger partial charge in [0.2, 0.25) is 0 Å². The van der Waals surface area contributed by atoms with E-state index in [0.717, 1.165) is 11.5 Å². The van der Waals surface area contributed by atoms with Crippen LogP contribution in [-0.2, 0) is 13.1 Å². The molecule has 0 bridgehead atoms. The van der Waals surface area contributed by atoms with Crippen LogP contribution in [0.5, 0.6) is 0 Å². The van der Waals surface area contributed by atoms with Crippen molar-refractivity contribution in [1.82, 2.24) is 20.3 Å². The lowest BCUT2D eigenvalue weighted by Crippen LogP contribution is -2.24. The average Bonchev–Trinajstić information content (AvgIpc) is 3.13. The maximum absolute atomic E-state index is 12.0. The van der Waals surface area contributed by atoms with E-state index in [1.165, 1.54) is 12.4 Å². The van der Waals surface area contributed by atoms with Crippen molar-refractivity contribution in [3.63, 3.8) is 0 Å². The third-order valence-electron chi connectivity index (χ3n) is 3.06. The second-order valence-corrected chi connectivity index (χ2v) is 4.72. The molecule has 3 heterocycles. The molecule has 116 valence electrons. The van der Waals surface area contributed by atoms with Crippen LogP contribution in [0.3, 0.4) is 0 Å². The average molecular weight is 309 g/mol. The van der Waals surface area contributed by atoms with E-state index in [1.807, 2.05) is 30.3 Å². The molecular weight excluding hydrogens is 294 g/mol. The van der Waals surface area contributed by atoms with Crippen LogP contribution in [0.1, 0.15) is 21.9 Å². The van der Waals surface area contributed by atoms with E-state index in [1.54, 1.807) is 12.5 Å². The summed E-state index contributed by atoms with van der Waals surface area (Å²) in [6.07, 6.45) is 6.23. The predicted octanol–water partition coefficient (Wildman–Crippen LogP) is 2.01. The molecule has 0 unspecified atom stereocenters. The summed E-state index contributed by atoms with van der Waals surface area (Å²) in [5.74, 6) is 1.08. The van der Waals surface area contributed by atoms with Crippen molar-refractivity contribution in [3.8, 4) is 0 Å². The molecule has 0 spiro atoms. The second kappa shape index (κ2) is 7.17. The molecule has 2 N–H and O–H groups in total. The van der Waals surface area contributed by atoms with Gasteiger partial charge in [0, 0.05) is 6.20 Å². The molecule has 0 aliphatic heterocycles. The summed E-state index contributed by atoms with van der Waals surface area (Å²) in [5, 5.41) is 5.81. The van der Waals surface area contributed by atoms with Crippen LogP contribution in [0, 0.1) is 0 Å². The van der Waals surface area contributed by atoms with E-state index in [9.17, 15) is 4.79 Å². The maximum Gasteiger partial charge on any atom is 0.271 e. The van der Waals surface area contributed by atoms with Crippen LogP contribution < -0.4 is 10.6 Å². The zero-order valence-electron chi connectivity index (χ0n) is 12.3. The maximum atomic E-state index is 12.0. The Balaban J connectivity index is 1.53. The van der Waals surface area contributed by atoms with E-state index < -0.39 is 0 Å². The van der Waals surface area contributed by atoms with E-state index in [-0.39, 0.29) is 11.6 Å². The third-order valence-corrected chi connectivity index (χ3v) is 3.06. The molecule has 3 aromatic heterocycles. The van der Waals surface area contributed by atoms with Crippen molar-refractivity contribution in [2.45, 2.75) is 13.1 Å². The van der Waals surface area contributed by atoms with E-state index in [2.05, 4.69) is 25.6 Å². The molecule has 0 saturated heterocycles. The van der Waals surface area contributed by atoms with Gasteiger partial charge in [-0.1, -0.05) is 6.07 Å². The number of nitrogens with one attached hydrogen (secondary N) is 2. The molecule has 23 heavy (non-hydrogen) atoms. The highest BCUT2D eigenvalue weighted by Gasteiger charge is 2.08. The van der Waals surface area contributed by atoms with Crippen LogP contribution in [0.2, 0.25) is 0 Å². The highest BCUT2D eigenvalue weighted by Crippen LogP contribution is 2.06. The number of anilines is 1. The highest BCUT2D eigenvalue weighted by molar-refractivity contribution is 5.91. The normalized spacial score (nSPS) is 10.3. The first-order chi connectivity index (χ1) is 11.3. The predicted molar refractivity (Wildman–Crippen MR) is 83.5 cm³/mol. The fourth-order valence-corrected chi connectivity index (χ4v) is 1.89. The molecule has 3 rings (SSSR count). The van der Waals surface area contributed by atoms with Crippen molar-refractivity contribution in [2.75, 3.05) is 5.32 Å². The first kappa shape index (κ1) is 14.7. The number of carbonyl (C=O) groups is 1. The smallest absolute Gasteiger partial charge is 0.271 e. The molecule has 0 aliphatic rings. The molecule has 1 amide bonds. The van der Waals surface area contributed by atoms with E-state index >= 15 is 0 Å². The van der Waals surface area contributed by atoms with Crippen molar-refractivity contribution >= 4 is 11.7 Å². The van der Waals surface area contributed by atoms with Gasteiger partial charge in [-0.3, -0.25) is 9.78 Å². The SMILES string of the molecule is O=C(NCc1ccccn1)c1cnc(NCc2ccco2)cn1. The lowest BCUT2D eigenvalue weighted by molar-refractivity contribution is 0.0945. The van der Waals surface area contributed by atoms with Crippen LogP contribution in [0.25, 0.3) is 0 Å². The van der Waals surface area contributed by atoms with Gasteiger partial charge in [-0.05, 0) is 24.3 Å². The Morgan fingerprint density at radius 2 is 2.00 bits per heavy atom. The first-order valence-corrected chi connectivity index (χ1v) is 7.07. The molecule has 7 nitrogen and oxygen atoms in total. The Labute approximate surface area is 132 Å². The van der Waals surface area contributed by atoms with Gasteiger partial charge in [-0.25, -0.2) is 9.97 Å². The van der Waals surface area contributed by atoms with Crippen LogP contribution in [0.15, 0.2) is 59.6 Å². The Hall–Kier alpha value is -3.22. The van der Waals surface area contributed by atoms with Crippen LogP contribution in [-0.4, -0.2) is 20.9 Å². The van der Waals surface area contributed by atoms with Gasteiger partial charge in [0.05, 0.1) is 37.4 Å². The Morgan fingerprint density at radius 1 is 1.04 bits per heavy atom. The summed E-state index contributed by atoms with van der Waals surface area (Å²) >= 11 is 0. The van der Waals surface area contributed by atoms with Gasteiger partial charge in [0.1, 0.15) is 17.3 Å². The van der Waals surface area contributed by atoms with Gasteiger partial charge < -0.3 is 15.1 Å². The fourth-order valence-electron chi connectivity index (χ4n) is 1.89. The van der Waals surface area contributed by atoms with Crippen molar-refractivity contribution in [3.05, 3.63) is 72.3 Å². The topological polar surface area (TPSA) is 92.9 Å². The van der Waals surface area contributed by atoms with Crippen molar-refractivity contribution < 1.29 is 9.21 Å². The van der Waals surface area contributed by atoms with Crippen molar-refractivity contribution in [1.29, 1.82) is 0 Å². The van der Waals surface area contributed by atoms with Crippen LogP contribution >= 0.6 is 0 Å². The summed E-state index contributed by atoms with van der Waals surface area (Å²) in [5.41, 5.74) is 1.04. The number of furan rings is 1. The molecule has 0 radical (unpaired) electrons. The quantitative estimate of drug-likeness (QED) is 0.723. The highest BCUT2D eigenvalue weighted by atomic mass is 16.3. The number of rotatable bonds is 6.